The van der Waals surface area contributed by atoms with E-state index in [0.29, 0.717) is 11.3 Å². The fraction of sp³-hybridized carbons (Fsp3) is 0.176. The van der Waals surface area contributed by atoms with Crippen molar-refractivity contribution in [3.63, 3.8) is 0 Å². The molecule has 24 heavy (non-hydrogen) atoms. The van der Waals surface area contributed by atoms with Gasteiger partial charge in [0.1, 0.15) is 4.88 Å². The van der Waals surface area contributed by atoms with Crippen molar-refractivity contribution in [3.8, 4) is 0 Å². The standard InChI is InChI=1S/C17H17N3O3S/c1-3-4-10-19-20-15(21)11-14(16(22)23-2)24-17(20)18-12-13-8-6-5-7-9-13/h3-11H,12H2,1-2H3/b4-3+,18-17?,19-10+. The number of ether oxygens (including phenoxy) is 1. The van der Waals surface area contributed by atoms with Crippen molar-refractivity contribution in [2.75, 3.05) is 7.11 Å². The number of hydrogen-bond acceptors (Lipinski definition) is 6. The lowest BCUT2D eigenvalue weighted by Gasteiger charge is -2.02. The van der Waals surface area contributed by atoms with Gasteiger partial charge >= 0.3 is 5.97 Å². The molecular formula is C17H17N3O3S. The van der Waals surface area contributed by atoms with Crippen LogP contribution < -0.4 is 10.4 Å². The Kier molecular flexibility index (Phi) is 6.39. The van der Waals surface area contributed by atoms with Crippen molar-refractivity contribution < 1.29 is 9.53 Å². The van der Waals surface area contributed by atoms with Crippen LogP contribution in [0.3, 0.4) is 0 Å². The minimum Gasteiger partial charge on any atom is -0.465 e. The van der Waals surface area contributed by atoms with Crippen LogP contribution in [0.15, 0.2) is 63.4 Å². The predicted molar refractivity (Wildman–Crippen MR) is 94.3 cm³/mol. The van der Waals surface area contributed by atoms with E-state index in [2.05, 4.69) is 14.8 Å². The number of rotatable bonds is 5. The molecule has 0 bridgehead atoms. The molecule has 1 heterocycles. The molecule has 0 aliphatic heterocycles. The van der Waals surface area contributed by atoms with E-state index in [1.54, 1.807) is 12.2 Å². The lowest BCUT2D eigenvalue weighted by atomic mass is 10.2. The summed E-state index contributed by atoms with van der Waals surface area (Å²) in [5.74, 6) is -0.571. The molecule has 1 aromatic heterocycles. The van der Waals surface area contributed by atoms with Gasteiger partial charge in [0.25, 0.3) is 5.56 Å². The highest BCUT2D eigenvalue weighted by Gasteiger charge is 2.10. The van der Waals surface area contributed by atoms with Crippen LogP contribution in [0.25, 0.3) is 0 Å². The zero-order valence-corrected chi connectivity index (χ0v) is 14.2. The topological polar surface area (TPSA) is 73.0 Å². The van der Waals surface area contributed by atoms with E-state index in [-0.39, 0.29) is 4.88 Å². The maximum Gasteiger partial charge on any atom is 0.348 e. The maximum absolute atomic E-state index is 12.3. The smallest absolute Gasteiger partial charge is 0.348 e. The molecule has 0 fully saturated rings. The van der Waals surface area contributed by atoms with Gasteiger partial charge in [-0.15, -0.1) is 0 Å². The highest BCUT2D eigenvalue weighted by molar-refractivity contribution is 7.11. The Morgan fingerprint density at radius 2 is 2.08 bits per heavy atom. The van der Waals surface area contributed by atoms with Crippen LogP contribution in [-0.4, -0.2) is 24.0 Å². The number of esters is 1. The normalized spacial score (nSPS) is 12.2. The van der Waals surface area contributed by atoms with E-state index < -0.39 is 11.5 Å². The third kappa shape index (κ3) is 4.60. The zero-order valence-electron chi connectivity index (χ0n) is 13.4. The minimum absolute atomic E-state index is 0.187. The highest BCUT2D eigenvalue weighted by Crippen LogP contribution is 2.03. The summed E-state index contributed by atoms with van der Waals surface area (Å²) in [5, 5.41) is 4.09. The van der Waals surface area contributed by atoms with Gasteiger partial charge in [-0.25, -0.2) is 4.79 Å². The predicted octanol–water partition coefficient (Wildman–Crippen LogP) is 2.21. The molecule has 0 saturated carbocycles. The van der Waals surface area contributed by atoms with Crippen LogP contribution in [0.5, 0.6) is 0 Å². The molecule has 1 aromatic carbocycles. The number of carbonyl (C=O) groups is 1. The van der Waals surface area contributed by atoms with Crippen molar-refractivity contribution in [3.05, 3.63) is 74.1 Å². The Bertz CT molecular complexity index is 880. The second-order valence-corrected chi connectivity index (χ2v) is 5.64. The minimum atomic E-state index is -0.571. The van der Waals surface area contributed by atoms with Gasteiger partial charge in [-0.1, -0.05) is 47.7 Å². The van der Waals surface area contributed by atoms with Crippen LogP contribution >= 0.6 is 11.3 Å². The number of benzene rings is 1. The van der Waals surface area contributed by atoms with E-state index in [1.807, 2.05) is 37.3 Å². The van der Waals surface area contributed by atoms with E-state index in [4.69, 9.17) is 0 Å². The quantitative estimate of drug-likeness (QED) is 0.617. The largest absolute Gasteiger partial charge is 0.465 e. The first-order valence-corrected chi connectivity index (χ1v) is 8.03. The first-order valence-electron chi connectivity index (χ1n) is 7.21. The molecule has 6 nitrogen and oxygen atoms in total. The van der Waals surface area contributed by atoms with Crippen LogP contribution in [0.4, 0.5) is 0 Å². The summed E-state index contributed by atoms with van der Waals surface area (Å²) in [7, 11) is 1.27. The molecule has 0 N–H and O–H groups in total. The molecule has 2 rings (SSSR count). The molecule has 0 unspecified atom stereocenters. The molecule has 0 saturated heterocycles. The Morgan fingerprint density at radius 3 is 2.75 bits per heavy atom. The van der Waals surface area contributed by atoms with Gasteiger partial charge in [0.15, 0.2) is 0 Å². The van der Waals surface area contributed by atoms with Gasteiger partial charge in [0.2, 0.25) is 4.80 Å². The second kappa shape index (κ2) is 8.73. The molecule has 0 atom stereocenters. The van der Waals surface area contributed by atoms with Gasteiger partial charge in [0, 0.05) is 12.3 Å². The van der Waals surface area contributed by atoms with Crippen molar-refractivity contribution >= 4 is 23.5 Å². The second-order valence-electron chi connectivity index (χ2n) is 4.63. The average Bonchev–Trinajstić information content (AvgIpc) is 2.61. The zero-order chi connectivity index (χ0) is 17.4. The van der Waals surface area contributed by atoms with Crippen molar-refractivity contribution in [1.29, 1.82) is 0 Å². The van der Waals surface area contributed by atoms with Gasteiger partial charge < -0.3 is 4.74 Å². The van der Waals surface area contributed by atoms with Crippen LogP contribution in [-0.2, 0) is 11.3 Å². The van der Waals surface area contributed by atoms with Crippen LogP contribution in [0.2, 0.25) is 0 Å². The van der Waals surface area contributed by atoms with Crippen LogP contribution in [0, 0.1) is 0 Å². The monoisotopic (exact) mass is 343 g/mol. The molecule has 0 spiro atoms. The average molecular weight is 343 g/mol. The summed E-state index contributed by atoms with van der Waals surface area (Å²) >= 11 is 1.06. The summed E-state index contributed by atoms with van der Waals surface area (Å²) in [6.45, 7) is 2.22. The van der Waals surface area contributed by atoms with E-state index in [9.17, 15) is 9.59 Å². The Labute approximate surface area is 143 Å². The first kappa shape index (κ1) is 17.6. The number of nitrogens with zero attached hydrogens (tertiary/aromatic N) is 3. The van der Waals surface area contributed by atoms with Crippen molar-refractivity contribution in [2.24, 2.45) is 10.1 Å². The molecule has 7 heteroatoms. The van der Waals surface area contributed by atoms with Gasteiger partial charge in [-0.2, -0.15) is 9.78 Å². The van der Waals surface area contributed by atoms with Gasteiger partial charge in [0.05, 0.1) is 13.7 Å². The van der Waals surface area contributed by atoms with Crippen molar-refractivity contribution in [2.45, 2.75) is 13.5 Å². The summed E-state index contributed by atoms with van der Waals surface area (Å²) in [6.07, 6.45) is 4.99. The SMILES string of the molecule is C/C=C/C=N/n1c(=O)cc(C(=O)OC)sc1=NCc1ccccc1. The Morgan fingerprint density at radius 1 is 1.33 bits per heavy atom. The third-order valence-electron chi connectivity index (χ3n) is 2.93. The number of carbonyl (C=O) groups excluding carboxylic acids is 1. The van der Waals surface area contributed by atoms with Crippen molar-refractivity contribution in [1.82, 2.24) is 4.68 Å². The molecule has 0 aliphatic rings. The molecular weight excluding hydrogens is 326 g/mol. The molecule has 0 radical (unpaired) electrons. The number of aromatic nitrogens is 1. The summed E-state index contributed by atoms with van der Waals surface area (Å²) in [5.41, 5.74) is 0.548. The van der Waals surface area contributed by atoms with Crippen LogP contribution in [0.1, 0.15) is 22.2 Å². The fourth-order valence-corrected chi connectivity index (χ4v) is 2.65. The number of methoxy groups -OCH3 is 1. The van der Waals surface area contributed by atoms with E-state index in [0.717, 1.165) is 16.9 Å². The maximum atomic E-state index is 12.3. The summed E-state index contributed by atoms with van der Waals surface area (Å²) in [6, 6.07) is 10.8. The van der Waals surface area contributed by atoms with Gasteiger partial charge in [-0.05, 0) is 18.6 Å². The lowest BCUT2D eigenvalue weighted by molar-refractivity contribution is 0.0606. The summed E-state index contributed by atoms with van der Waals surface area (Å²) in [4.78, 5) is 28.9. The van der Waals surface area contributed by atoms with E-state index >= 15 is 0 Å². The molecule has 0 amide bonds. The Hall–Kier alpha value is -2.80. The summed E-state index contributed by atoms with van der Waals surface area (Å²) < 4.78 is 5.85. The lowest BCUT2D eigenvalue weighted by Crippen LogP contribution is -2.30. The first-order chi connectivity index (χ1) is 11.7. The fourth-order valence-electron chi connectivity index (χ4n) is 1.78. The Balaban J connectivity index is 2.53. The molecule has 124 valence electrons. The number of allylic oxidation sites excluding steroid dienone is 2. The van der Waals surface area contributed by atoms with E-state index in [1.165, 1.54) is 24.1 Å². The molecule has 2 aromatic rings. The highest BCUT2D eigenvalue weighted by atomic mass is 32.1. The third-order valence-corrected chi connectivity index (χ3v) is 3.92. The number of hydrogen-bond donors (Lipinski definition) is 0. The molecule has 0 aliphatic carbocycles. The van der Waals surface area contributed by atoms with Gasteiger partial charge in [-0.3, -0.25) is 9.79 Å².